The van der Waals surface area contributed by atoms with Gasteiger partial charge in [-0.05, 0) is 18.9 Å². The van der Waals surface area contributed by atoms with E-state index in [0.717, 1.165) is 54.4 Å². The first-order valence-electron chi connectivity index (χ1n) is 8.13. The number of fused-ring (bicyclic) bond motifs is 1. The maximum atomic E-state index is 4.43. The molecule has 0 amide bonds. The van der Waals surface area contributed by atoms with Crippen molar-refractivity contribution >= 4 is 28.5 Å². The topological polar surface area (TPSA) is 94.7 Å². The number of nitrogens with zero attached hydrogens (tertiary/aromatic N) is 5. The first kappa shape index (κ1) is 14.7. The van der Waals surface area contributed by atoms with Gasteiger partial charge in [-0.25, -0.2) is 19.9 Å². The van der Waals surface area contributed by atoms with Crippen LogP contribution in [0.4, 0.5) is 17.5 Å². The van der Waals surface area contributed by atoms with E-state index in [-0.39, 0.29) is 0 Å². The number of aromatic amines is 1. The number of H-pyrrole nitrogens is 1. The van der Waals surface area contributed by atoms with Crippen molar-refractivity contribution in [1.82, 2.24) is 24.9 Å². The molecule has 3 aromatic rings. The number of hydrogen-bond donors (Lipinski definition) is 3. The SMILES string of the molecule is CNc1cc(N2CCC[C@H]2CNc2ncnc3[nH]ccc23)ncn1. The molecule has 4 heterocycles. The number of aromatic nitrogens is 5. The second-order valence-electron chi connectivity index (χ2n) is 5.84. The fraction of sp³-hybridized carbons (Fsp3) is 0.375. The van der Waals surface area contributed by atoms with Gasteiger partial charge in [0.25, 0.3) is 0 Å². The molecule has 0 aliphatic carbocycles. The van der Waals surface area contributed by atoms with E-state index in [1.165, 1.54) is 0 Å². The standard InChI is InChI=1S/C16H20N8/c1-17-13-7-14(21-9-20-13)24-6-2-3-11(24)8-19-16-12-4-5-18-15(12)22-10-23-16/h4-5,7,9-11H,2-3,6,8H2,1H3,(H,17,20,21)(H2,18,19,22,23)/t11-/m0/s1. The van der Waals surface area contributed by atoms with Gasteiger partial charge >= 0.3 is 0 Å². The van der Waals surface area contributed by atoms with Crippen LogP contribution in [0.15, 0.2) is 31.0 Å². The van der Waals surface area contributed by atoms with Gasteiger partial charge in [0.2, 0.25) is 0 Å². The largest absolute Gasteiger partial charge is 0.373 e. The van der Waals surface area contributed by atoms with E-state index in [9.17, 15) is 0 Å². The highest BCUT2D eigenvalue weighted by molar-refractivity contribution is 5.86. The molecule has 1 aliphatic heterocycles. The second-order valence-corrected chi connectivity index (χ2v) is 5.84. The highest BCUT2D eigenvalue weighted by Crippen LogP contribution is 2.26. The van der Waals surface area contributed by atoms with Crippen molar-refractivity contribution in [3.63, 3.8) is 0 Å². The molecule has 0 saturated carbocycles. The van der Waals surface area contributed by atoms with E-state index in [2.05, 4.69) is 40.5 Å². The zero-order valence-electron chi connectivity index (χ0n) is 13.5. The number of anilines is 3. The highest BCUT2D eigenvalue weighted by Gasteiger charge is 2.26. The van der Waals surface area contributed by atoms with Gasteiger partial charge in [-0.15, -0.1) is 0 Å². The maximum absolute atomic E-state index is 4.43. The van der Waals surface area contributed by atoms with Crippen molar-refractivity contribution < 1.29 is 0 Å². The van der Waals surface area contributed by atoms with Crippen LogP contribution >= 0.6 is 0 Å². The minimum Gasteiger partial charge on any atom is -0.373 e. The lowest BCUT2D eigenvalue weighted by Crippen LogP contribution is -2.35. The Morgan fingerprint density at radius 3 is 3.08 bits per heavy atom. The molecule has 3 N–H and O–H groups in total. The Bertz CT molecular complexity index is 830. The van der Waals surface area contributed by atoms with Gasteiger partial charge < -0.3 is 20.5 Å². The lowest BCUT2D eigenvalue weighted by atomic mass is 10.2. The van der Waals surface area contributed by atoms with E-state index in [1.807, 2.05) is 25.4 Å². The van der Waals surface area contributed by atoms with Gasteiger partial charge in [0.15, 0.2) is 0 Å². The summed E-state index contributed by atoms with van der Waals surface area (Å²) in [4.78, 5) is 22.7. The Hall–Kier alpha value is -2.90. The van der Waals surface area contributed by atoms with Gasteiger partial charge in [0, 0.05) is 38.4 Å². The second kappa shape index (κ2) is 6.31. The monoisotopic (exact) mass is 324 g/mol. The van der Waals surface area contributed by atoms with Gasteiger partial charge in [0.1, 0.15) is 35.8 Å². The minimum atomic E-state index is 0.383. The zero-order valence-corrected chi connectivity index (χ0v) is 13.5. The molecule has 1 atom stereocenters. The van der Waals surface area contributed by atoms with Crippen molar-refractivity contribution in [2.45, 2.75) is 18.9 Å². The van der Waals surface area contributed by atoms with Crippen molar-refractivity contribution in [3.05, 3.63) is 31.0 Å². The zero-order chi connectivity index (χ0) is 16.4. The summed E-state index contributed by atoms with van der Waals surface area (Å²) in [6, 6.07) is 4.37. The molecule has 1 aliphatic rings. The van der Waals surface area contributed by atoms with Crippen LogP contribution < -0.4 is 15.5 Å². The Morgan fingerprint density at radius 1 is 1.25 bits per heavy atom. The average Bonchev–Trinajstić information content (AvgIpc) is 3.29. The van der Waals surface area contributed by atoms with Gasteiger partial charge in [0.05, 0.1) is 5.39 Å². The summed E-state index contributed by atoms with van der Waals surface area (Å²) < 4.78 is 0. The molecule has 4 rings (SSSR count). The molecule has 1 saturated heterocycles. The summed E-state index contributed by atoms with van der Waals surface area (Å²) in [5.74, 6) is 2.67. The average molecular weight is 324 g/mol. The normalized spacial score (nSPS) is 17.4. The molecule has 8 nitrogen and oxygen atoms in total. The van der Waals surface area contributed by atoms with Crippen molar-refractivity contribution in [3.8, 4) is 0 Å². The lowest BCUT2D eigenvalue weighted by molar-refractivity contribution is 0.689. The molecule has 0 bridgehead atoms. The smallest absolute Gasteiger partial charge is 0.142 e. The Morgan fingerprint density at radius 2 is 2.17 bits per heavy atom. The molecule has 124 valence electrons. The van der Waals surface area contributed by atoms with Crippen LogP contribution in [0.3, 0.4) is 0 Å². The fourth-order valence-electron chi connectivity index (χ4n) is 3.22. The summed E-state index contributed by atoms with van der Waals surface area (Å²) >= 11 is 0. The third-order valence-corrected chi connectivity index (χ3v) is 4.44. The van der Waals surface area contributed by atoms with Crippen molar-refractivity contribution in [1.29, 1.82) is 0 Å². The molecule has 24 heavy (non-hydrogen) atoms. The summed E-state index contributed by atoms with van der Waals surface area (Å²) in [5.41, 5.74) is 0.852. The molecule has 0 unspecified atom stereocenters. The third kappa shape index (κ3) is 2.70. The Labute approximate surface area is 139 Å². The quantitative estimate of drug-likeness (QED) is 0.659. The number of nitrogens with one attached hydrogen (secondary N) is 3. The molecule has 0 spiro atoms. The summed E-state index contributed by atoms with van der Waals surface area (Å²) in [6.45, 7) is 1.83. The lowest BCUT2D eigenvalue weighted by Gasteiger charge is -2.26. The van der Waals surface area contributed by atoms with E-state index in [0.29, 0.717) is 6.04 Å². The number of rotatable bonds is 5. The predicted molar refractivity (Wildman–Crippen MR) is 94.3 cm³/mol. The molecular weight excluding hydrogens is 304 g/mol. The summed E-state index contributed by atoms with van der Waals surface area (Å²) in [5, 5.41) is 7.55. The van der Waals surface area contributed by atoms with Crippen LogP contribution in [0, 0.1) is 0 Å². The van der Waals surface area contributed by atoms with Crippen LogP contribution in [-0.4, -0.2) is 51.1 Å². The number of hydrogen-bond acceptors (Lipinski definition) is 7. The summed E-state index contributed by atoms with van der Waals surface area (Å²) in [7, 11) is 1.87. The van der Waals surface area contributed by atoms with Crippen LogP contribution in [0.5, 0.6) is 0 Å². The van der Waals surface area contributed by atoms with E-state index in [4.69, 9.17) is 0 Å². The maximum Gasteiger partial charge on any atom is 0.142 e. The molecular formula is C16H20N8. The molecule has 1 fully saturated rings. The third-order valence-electron chi connectivity index (χ3n) is 4.44. The molecule has 3 aromatic heterocycles. The molecule has 8 heteroatoms. The Kier molecular flexibility index (Phi) is 3.86. The van der Waals surface area contributed by atoms with Gasteiger partial charge in [-0.3, -0.25) is 0 Å². The van der Waals surface area contributed by atoms with Crippen LogP contribution in [0.2, 0.25) is 0 Å². The first-order chi connectivity index (χ1) is 11.8. The first-order valence-corrected chi connectivity index (χ1v) is 8.13. The van der Waals surface area contributed by atoms with Crippen molar-refractivity contribution in [2.75, 3.05) is 35.7 Å². The highest BCUT2D eigenvalue weighted by atomic mass is 15.3. The van der Waals surface area contributed by atoms with Gasteiger partial charge in [-0.1, -0.05) is 0 Å². The van der Waals surface area contributed by atoms with Crippen LogP contribution in [-0.2, 0) is 0 Å². The fourth-order valence-corrected chi connectivity index (χ4v) is 3.22. The Balaban J connectivity index is 1.50. The van der Waals surface area contributed by atoms with Crippen LogP contribution in [0.1, 0.15) is 12.8 Å². The predicted octanol–water partition coefficient (Wildman–Crippen LogP) is 1.87. The van der Waals surface area contributed by atoms with Crippen molar-refractivity contribution in [2.24, 2.45) is 0 Å². The molecule has 0 radical (unpaired) electrons. The van der Waals surface area contributed by atoms with Gasteiger partial charge in [-0.2, -0.15) is 0 Å². The van der Waals surface area contributed by atoms with E-state index in [1.54, 1.807) is 12.7 Å². The van der Waals surface area contributed by atoms with Crippen LogP contribution in [0.25, 0.3) is 11.0 Å². The summed E-state index contributed by atoms with van der Waals surface area (Å²) in [6.07, 6.45) is 7.36. The van der Waals surface area contributed by atoms with E-state index >= 15 is 0 Å². The minimum absolute atomic E-state index is 0.383. The molecule has 0 aromatic carbocycles. The van der Waals surface area contributed by atoms with E-state index < -0.39 is 0 Å².